The van der Waals surface area contributed by atoms with Gasteiger partial charge in [0.15, 0.2) is 0 Å². The number of ether oxygens (including phenoxy) is 1. The van der Waals surface area contributed by atoms with Gasteiger partial charge in [-0.2, -0.15) is 0 Å². The van der Waals surface area contributed by atoms with E-state index < -0.39 is 0 Å². The predicted octanol–water partition coefficient (Wildman–Crippen LogP) is 5.00. The molecule has 2 saturated carbocycles. The summed E-state index contributed by atoms with van der Waals surface area (Å²) in [6.45, 7) is 6.53. The molecule has 7 heteroatoms. The maximum atomic E-state index is 13.4. The molecular formula is C30H34N4O3. The number of likely N-dealkylation sites (tertiary alicyclic amines) is 1. The van der Waals surface area contributed by atoms with Crippen LogP contribution in [0.1, 0.15) is 76.6 Å². The molecule has 1 spiro atoms. The number of nitrogens with zero attached hydrogens (tertiary/aromatic N) is 3. The molecule has 1 aromatic carbocycles. The van der Waals surface area contributed by atoms with E-state index in [-0.39, 0.29) is 11.3 Å². The van der Waals surface area contributed by atoms with Gasteiger partial charge in [0.1, 0.15) is 12.0 Å². The first kappa shape index (κ1) is 23.1. The Morgan fingerprint density at radius 2 is 2.03 bits per heavy atom. The van der Waals surface area contributed by atoms with Crippen molar-refractivity contribution in [1.82, 2.24) is 15.0 Å². The average molecular weight is 499 g/mol. The second-order valence-electron chi connectivity index (χ2n) is 11.9. The lowest BCUT2D eigenvalue weighted by molar-refractivity contribution is -0.0606. The first-order valence-corrected chi connectivity index (χ1v) is 13.6. The van der Waals surface area contributed by atoms with Crippen molar-refractivity contribution in [3.05, 3.63) is 76.4 Å². The molecule has 2 aliphatic carbocycles. The lowest BCUT2D eigenvalue weighted by Crippen LogP contribution is -2.48. The van der Waals surface area contributed by atoms with Gasteiger partial charge in [-0.3, -0.25) is 9.69 Å². The van der Waals surface area contributed by atoms with E-state index in [1.807, 2.05) is 25.1 Å². The molecule has 4 fully saturated rings. The van der Waals surface area contributed by atoms with Crippen LogP contribution in [0.5, 0.6) is 0 Å². The Hall–Kier alpha value is -3.03. The van der Waals surface area contributed by atoms with Crippen LogP contribution < -0.4 is 5.32 Å². The molecule has 37 heavy (non-hydrogen) atoms. The van der Waals surface area contributed by atoms with Gasteiger partial charge in [0.2, 0.25) is 0 Å². The van der Waals surface area contributed by atoms with Crippen LogP contribution >= 0.6 is 0 Å². The Bertz CT molecular complexity index is 1340. The van der Waals surface area contributed by atoms with Crippen LogP contribution in [0.3, 0.4) is 0 Å². The van der Waals surface area contributed by atoms with E-state index in [0.29, 0.717) is 30.2 Å². The van der Waals surface area contributed by atoms with Crippen molar-refractivity contribution in [2.24, 2.45) is 5.41 Å². The van der Waals surface area contributed by atoms with Crippen molar-refractivity contribution in [3.8, 4) is 0 Å². The molecule has 0 radical (unpaired) electrons. The predicted molar refractivity (Wildman–Crippen MR) is 140 cm³/mol. The largest absolute Gasteiger partial charge is 0.379 e. The summed E-state index contributed by atoms with van der Waals surface area (Å²) < 4.78 is 10.8. The molecule has 0 atom stereocenters. The van der Waals surface area contributed by atoms with Gasteiger partial charge in [-0.25, -0.2) is 4.98 Å². The fourth-order valence-electron chi connectivity index (χ4n) is 6.05. The average Bonchev–Trinajstić information content (AvgIpc) is 3.77. The number of aromatic nitrogens is 2. The molecule has 2 aliphatic heterocycles. The normalized spacial score (nSPS) is 21.6. The molecule has 1 amide bonds. The SMILES string of the molecule is Cc1conc1CC1(c2cccc(NC(=O)c3cc(CN4CCC5(CC5)C4)cc(C4CC4)n3)c2)COC1. The third-order valence-electron chi connectivity index (χ3n) is 8.86. The van der Waals surface area contributed by atoms with Crippen LogP contribution in [0.15, 0.2) is 47.2 Å². The Kier molecular flexibility index (Phi) is 5.48. The maximum Gasteiger partial charge on any atom is 0.274 e. The molecule has 7 nitrogen and oxygen atoms in total. The molecule has 2 saturated heterocycles. The molecule has 4 aliphatic rings. The molecule has 4 heterocycles. The summed E-state index contributed by atoms with van der Waals surface area (Å²) in [6.07, 6.45) is 8.85. The molecule has 0 unspecified atom stereocenters. The number of hydrogen-bond acceptors (Lipinski definition) is 6. The molecule has 192 valence electrons. The van der Waals surface area contributed by atoms with Crippen molar-refractivity contribution in [1.29, 1.82) is 0 Å². The van der Waals surface area contributed by atoms with Crippen molar-refractivity contribution in [2.45, 2.75) is 63.3 Å². The van der Waals surface area contributed by atoms with Gasteiger partial charge in [-0.15, -0.1) is 0 Å². The van der Waals surface area contributed by atoms with Gasteiger partial charge in [-0.05, 0) is 86.4 Å². The maximum absolute atomic E-state index is 13.4. The quantitative estimate of drug-likeness (QED) is 0.471. The fraction of sp³-hybridized carbons (Fsp3) is 0.500. The number of anilines is 1. The van der Waals surface area contributed by atoms with Gasteiger partial charge in [0.25, 0.3) is 5.91 Å². The molecule has 2 aromatic heterocycles. The fourth-order valence-corrected chi connectivity index (χ4v) is 6.05. The third-order valence-corrected chi connectivity index (χ3v) is 8.86. The van der Waals surface area contributed by atoms with E-state index in [1.54, 1.807) is 6.26 Å². The standard InChI is InChI=1S/C30H34N4O3/c1-20-16-37-33-27(20)14-30(18-36-19-30)23-3-2-4-24(13-23)31-28(35)26-12-21(11-25(32-26)22-5-6-22)15-34-10-9-29(17-34)7-8-29/h2-4,11-13,16,22H,5-10,14-15,17-19H2,1H3,(H,31,35). The highest BCUT2D eigenvalue weighted by molar-refractivity contribution is 6.03. The van der Waals surface area contributed by atoms with Crippen LogP contribution in [-0.4, -0.2) is 47.3 Å². The topological polar surface area (TPSA) is 80.5 Å². The van der Waals surface area contributed by atoms with Gasteiger partial charge in [0.05, 0.1) is 18.9 Å². The smallest absolute Gasteiger partial charge is 0.274 e. The van der Waals surface area contributed by atoms with E-state index in [2.05, 4.69) is 33.6 Å². The van der Waals surface area contributed by atoms with Crippen molar-refractivity contribution < 1.29 is 14.1 Å². The van der Waals surface area contributed by atoms with Gasteiger partial charge < -0.3 is 14.6 Å². The summed E-state index contributed by atoms with van der Waals surface area (Å²) >= 11 is 0. The minimum Gasteiger partial charge on any atom is -0.379 e. The monoisotopic (exact) mass is 498 g/mol. The lowest BCUT2D eigenvalue weighted by Gasteiger charge is -2.42. The number of hydrogen-bond donors (Lipinski definition) is 1. The number of carbonyl (C=O) groups excluding carboxylic acids is 1. The number of nitrogens with one attached hydrogen (secondary N) is 1. The van der Waals surface area contributed by atoms with Gasteiger partial charge >= 0.3 is 0 Å². The highest BCUT2D eigenvalue weighted by Gasteiger charge is 2.47. The number of amides is 1. The number of pyridine rings is 1. The first-order valence-electron chi connectivity index (χ1n) is 13.6. The summed E-state index contributed by atoms with van der Waals surface area (Å²) in [4.78, 5) is 20.8. The van der Waals surface area contributed by atoms with Crippen LogP contribution in [0.4, 0.5) is 5.69 Å². The Morgan fingerprint density at radius 1 is 1.16 bits per heavy atom. The Balaban J connectivity index is 1.10. The van der Waals surface area contributed by atoms with E-state index >= 15 is 0 Å². The second kappa shape index (κ2) is 8.77. The lowest BCUT2D eigenvalue weighted by atomic mass is 9.74. The van der Waals surface area contributed by atoms with Crippen molar-refractivity contribution in [3.63, 3.8) is 0 Å². The minimum absolute atomic E-state index is 0.146. The summed E-state index contributed by atoms with van der Waals surface area (Å²) in [6, 6.07) is 12.4. The molecule has 3 aromatic rings. The third kappa shape index (κ3) is 4.59. The molecule has 1 N–H and O–H groups in total. The zero-order valence-electron chi connectivity index (χ0n) is 21.5. The molecule has 0 bridgehead atoms. The first-order chi connectivity index (χ1) is 18.0. The highest BCUT2D eigenvalue weighted by Crippen LogP contribution is 2.52. The number of benzene rings is 1. The van der Waals surface area contributed by atoms with E-state index in [0.717, 1.165) is 47.7 Å². The summed E-state index contributed by atoms with van der Waals surface area (Å²) in [5, 5.41) is 7.32. The van der Waals surface area contributed by atoms with E-state index in [1.165, 1.54) is 44.2 Å². The second-order valence-corrected chi connectivity index (χ2v) is 11.9. The van der Waals surface area contributed by atoms with Crippen LogP contribution in [-0.2, 0) is 23.1 Å². The summed E-state index contributed by atoms with van der Waals surface area (Å²) in [7, 11) is 0. The summed E-state index contributed by atoms with van der Waals surface area (Å²) in [5.74, 6) is 0.355. The molecular weight excluding hydrogens is 464 g/mol. The van der Waals surface area contributed by atoms with Crippen molar-refractivity contribution in [2.75, 3.05) is 31.6 Å². The van der Waals surface area contributed by atoms with Crippen LogP contribution in [0, 0.1) is 12.3 Å². The van der Waals surface area contributed by atoms with E-state index in [9.17, 15) is 4.79 Å². The highest BCUT2D eigenvalue weighted by atomic mass is 16.5. The number of rotatable bonds is 8. The zero-order valence-corrected chi connectivity index (χ0v) is 21.5. The Morgan fingerprint density at radius 3 is 2.70 bits per heavy atom. The Labute approximate surface area is 217 Å². The summed E-state index contributed by atoms with van der Waals surface area (Å²) in [5.41, 5.74) is 7.17. The number of aryl methyl sites for hydroxylation is 1. The minimum atomic E-state index is -0.158. The van der Waals surface area contributed by atoms with Crippen molar-refractivity contribution >= 4 is 11.6 Å². The molecule has 7 rings (SSSR count). The van der Waals surface area contributed by atoms with Crippen LogP contribution in [0.25, 0.3) is 0 Å². The number of carbonyl (C=O) groups is 1. The van der Waals surface area contributed by atoms with Crippen LogP contribution in [0.2, 0.25) is 0 Å². The van der Waals surface area contributed by atoms with Gasteiger partial charge in [0, 0.05) is 47.8 Å². The van der Waals surface area contributed by atoms with E-state index in [4.69, 9.17) is 14.2 Å². The van der Waals surface area contributed by atoms with Gasteiger partial charge in [-0.1, -0.05) is 17.3 Å². The zero-order chi connectivity index (χ0) is 25.0.